The summed E-state index contributed by atoms with van der Waals surface area (Å²) in [6.07, 6.45) is 0.669. The maximum Gasteiger partial charge on any atom is 0.290 e. The molecule has 0 radical (unpaired) electrons. The van der Waals surface area contributed by atoms with E-state index in [1.807, 2.05) is 36.4 Å². The zero-order valence-corrected chi connectivity index (χ0v) is 16.1. The number of nitrogens with one attached hydrogen (secondary N) is 1. The maximum absolute atomic E-state index is 12.4. The molecule has 136 valence electrons. The molecule has 0 saturated carbocycles. The number of benzene rings is 2. The summed E-state index contributed by atoms with van der Waals surface area (Å²) in [7, 11) is 0. The second-order valence-corrected chi connectivity index (χ2v) is 7.50. The molecule has 0 aliphatic rings. The van der Waals surface area contributed by atoms with Crippen LogP contribution in [0.25, 0.3) is 15.9 Å². The van der Waals surface area contributed by atoms with Gasteiger partial charge in [-0.05, 0) is 43.3 Å². The third kappa shape index (κ3) is 3.84. The number of aromatic nitrogens is 4. The van der Waals surface area contributed by atoms with Crippen molar-refractivity contribution in [2.45, 2.75) is 13.3 Å². The van der Waals surface area contributed by atoms with Crippen LogP contribution in [0.15, 0.2) is 48.5 Å². The summed E-state index contributed by atoms with van der Waals surface area (Å²) in [5.74, 6) is 0.479. The largest absolute Gasteiger partial charge is 0.349 e. The summed E-state index contributed by atoms with van der Waals surface area (Å²) < 4.78 is 2.77. The van der Waals surface area contributed by atoms with Crippen molar-refractivity contribution in [3.05, 3.63) is 70.2 Å². The van der Waals surface area contributed by atoms with E-state index in [1.165, 1.54) is 0 Å². The first-order chi connectivity index (χ1) is 13.1. The molecule has 1 amide bonds. The Labute approximate surface area is 164 Å². The highest BCUT2D eigenvalue weighted by atomic mass is 35.5. The Kier molecular flexibility index (Phi) is 4.87. The zero-order chi connectivity index (χ0) is 18.8. The van der Waals surface area contributed by atoms with Gasteiger partial charge in [-0.1, -0.05) is 23.7 Å². The quantitative estimate of drug-likeness (QED) is 0.555. The van der Waals surface area contributed by atoms with Crippen LogP contribution in [-0.4, -0.2) is 32.2 Å². The lowest BCUT2D eigenvalue weighted by Gasteiger charge is -2.02. The highest BCUT2D eigenvalue weighted by molar-refractivity contribution is 7.18. The van der Waals surface area contributed by atoms with Gasteiger partial charge in [0.2, 0.25) is 5.82 Å². The first kappa shape index (κ1) is 17.6. The van der Waals surface area contributed by atoms with E-state index in [2.05, 4.69) is 20.4 Å². The van der Waals surface area contributed by atoms with Crippen LogP contribution in [0, 0.1) is 6.92 Å². The highest BCUT2D eigenvalue weighted by Crippen LogP contribution is 2.21. The first-order valence-electron chi connectivity index (χ1n) is 8.42. The first-order valence-corrected chi connectivity index (χ1v) is 9.62. The zero-order valence-electron chi connectivity index (χ0n) is 14.5. The number of rotatable bonds is 5. The van der Waals surface area contributed by atoms with Crippen molar-refractivity contribution in [1.82, 2.24) is 25.1 Å². The van der Waals surface area contributed by atoms with Gasteiger partial charge >= 0.3 is 0 Å². The Morgan fingerprint density at radius 1 is 1.15 bits per heavy atom. The molecule has 1 N–H and O–H groups in total. The number of carbonyl (C=O) groups excluding carboxylic acids is 1. The summed E-state index contributed by atoms with van der Waals surface area (Å²) in [4.78, 5) is 21.2. The third-order valence-electron chi connectivity index (χ3n) is 4.01. The highest BCUT2D eigenvalue weighted by Gasteiger charge is 2.15. The Balaban J connectivity index is 1.41. The minimum atomic E-state index is -0.299. The Morgan fingerprint density at radius 2 is 1.93 bits per heavy atom. The summed E-state index contributed by atoms with van der Waals surface area (Å²) in [6.45, 7) is 2.28. The van der Waals surface area contributed by atoms with Crippen LogP contribution in [0.4, 0.5) is 0 Å². The fourth-order valence-electron chi connectivity index (χ4n) is 2.70. The number of aryl methyl sites for hydroxylation is 1. The smallest absolute Gasteiger partial charge is 0.290 e. The number of thiazole rings is 1. The fourth-order valence-corrected chi connectivity index (χ4v) is 3.79. The molecule has 0 fully saturated rings. The van der Waals surface area contributed by atoms with Crippen LogP contribution in [0.2, 0.25) is 5.02 Å². The van der Waals surface area contributed by atoms with Gasteiger partial charge in [0.1, 0.15) is 5.82 Å². The van der Waals surface area contributed by atoms with E-state index in [4.69, 9.17) is 11.6 Å². The average Bonchev–Trinajstić information content (AvgIpc) is 3.25. The molecule has 4 rings (SSSR count). The van der Waals surface area contributed by atoms with Crippen LogP contribution in [0.1, 0.15) is 21.5 Å². The Bertz CT molecular complexity index is 1070. The van der Waals surface area contributed by atoms with Crippen LogP contribution >= 0.6 is 22.9 Å². The van der Waals surface area contributed by atoms with Gasteiger partial charge in [-0.15, -0.1) is 16.4 Å². The number of nitrogens with zero attached hydrogens (tertiary/aromatic N) is 4. The van der Waals surface area contributed by atoms with Crippen molar-refractivity contribution in [3.8, 4) is 5.69 Å². The second kappa shape index (κ2) is 7.46. The summed E-state index contributed by atoms with van der Waals surface area (Å²) >= 11 is 7.56. The van der Waals surface area contributed by atoms with Gasteiger partial charge in [0.25, 0.3) is 5.91 Å². The van der Waals surface area contributed by atoms with Crippen molar-refractivity contribution in [1.29, 1.82) is 0 Å². The standard InChI is InChI=1S/C19H16ClN5OS/c1-12-22-18(24-25(12)14-8-6-13(20)7-9-14)19(26)21-11-10-17-23-15-4-2-3-5-16(15)27-17/h2-9H,10-11H2,1H3,(H,21,26). The molecule has 4 aromatic rings. The lowest BCUT2D eigenvalue weighted by atomic mass is 10.3. The number of para-hydroxylation sites is 1. The predicted molar refractivity (Wildman–Crippen MR) is 107 cm³/mol. The molecule has 0 unspecified atom stereocenters. The van der Waals surface area contributed by atoms with Crippen molar-refractivity contribution in [3.63, 3.8) is 0 Å². The van der Waals surface area contributed by atoms with E-state index in [9.17, 15) is 4.79 Å². The van der Waals surface area contributed by atoms with E-state index in [-0.39, 0.29) is 11.7 Å². The minimum Gasteiger partial charge on any atom is -0.349 e. The number of hydrogen-bond donors (Lipinski definition) is 1. The molecular weight excluding hydrogens is 382 g/mol. The van der Waals surface area contributed by atoms with E-state index >= 15 is 0 Å². The normalized spacial score (nSPS) is 11.0. The monoisotopic (exact) mass is 397 g/mol. The topological polar surface area (TPSA) is 72.7 Å². The van der Waals surface area contributed by atoms with Gasteiger partial charge in [-0.25, -0.2) is 14.6 Å². The maximum atomic E-state index is 12.4. The molecule has 6 nitrogen and oxygen atoms in total. The van der Waals surface area contributed by atoms with E-state index in [0.29, 0.717) is 23.8 Å². The van der Waals surface area contributed by atoms with Gasteiger partial charge in [0, 0.05) is 18.0 Å². The number of hydrogen-bond acceptors (Lipinski definition) is 5. The molecule has 0 aliphatic heterocycles. The van der Waals surface area contributed by atoms with Crippen LogP contribution in [0.5, 0.6) is 0 Å². The van der Waals surface area contributed by atoms with Gasteiger partial charge in [0.05, 0.1) is 20.9 Å². The molecule has 8 heteroatoms. The molecule has 0 bridgehead atoms. The molecular formula is C19H16ClN5OS. The molecule has 2 aromatic carbocycles. The minimum absolute atomic E-state index is 0.145. The molecule has 2 aromatic heterocycles. The molecule has 27 heavy (non-hydrogen) atoms. The van der Waals surface area contributed by atoms with Gasteiger partial charge in [0.15, 0.2) is 0 Å². The predicted octanol–water partition coefficient (Wildman–Crippen LogP) is 3.81. The molecule has 0 aliphatic carbocycles. The lowest BCUT2D eigenvalue weighted by molar-refractivity contribution is 0.0944. The van der Waals surface area contributed by atoms with E-state index in [0.717, 1.165) is 20.9 Å². The second-order valence-electron chi connectivity index (χ2n) is 5.95. The number of carbonyl (C=O) groups is 1. The lowest BCUT2D eigenvalue weighted by Crippen LogP contribution is -2.26. The van der Waals surface area contributed by atoms with Gasteiger partial charge in [-0.2, -0.15) is 0 Å². The number of amides is 1. The fraction of sp³-hybridized carbons (Fsp3) is 0.158. The van der Waals surface area contributed by atoms with E-state index < -0.39 is 0 Å². The van der Waals surface area contributed by atoms with Crippen molar-refractivity contribution in [2.24, 2.45) is 0 Å². The van der Waals surface area contributed by atoms with Crippen molar-refractivity contribution < 1.29 is 4.79 Å². The summed E-state index contributed by atoms with van der Waals surface area (Å²) in [6, 6.07) is 15.2. The summed E-state index contributed by atoms with van der Waals surface area (Å²) in [5.41, 5.74) is 1.79. The Hall–Kier alpha value is -2.77. The van der Waals surface area contributed by atoms with Crippen LogP contribution in [-0.2, 0) is 6.42 Å². The van der Waals surface area contributed by atoms with Crippen LogP contribution < -0.4 is 5.32 Å². The third-order valence-corrected chi connectivity index (χ3v) is 5.35. The van der Waals surface area contributed by atoms with Gasteiger partial charge in [-0.3, -0.25) is 4.79 Å². The molecule has 0 atom stereocenters. The molecule has 2 heterocycles. The van der Waals surface area contributed by atoms with Gasteiger partial charge < -0.3 is 5.32 Å². The molecule has 0 saturated heterocycles. The average molecular weight is 398 g/mol. The number of fused-ring (bicyclic) bond motifs is 1. The number of halogens is 1. The van der Waals surface area contributed by atoms with Crippen molar-refractivity contribution in [2.75, 3.05) is 6.54 Å². The van der Waals surface area contributed by atoms with Crippen LogP contribution in [0.3, 0.4) is 0 Å². The summed E-state index contributed by atoms with van der Waals surface area (Å²) in [5, 5.41) is 8.80. The molecule has 0 spiro atoms. The Morgan fingerprint density at radius 3 is 2.70 bits per heavy atom. The van der Waals surface area contributed by atoms with E-state index in [1.54, 1.807) is 35.1 Å². The SMILES string of the molecule is Cc1nc(C(=O)NCCc2nc3ccccc3s2)nn1-c1ccc(Cl)cc1. The van der Waals surface area contributed by atoms with Crippen molar-refractivity contribution >= 4 is 39.1 Å².